The van der Waals surface area contributed by atoms with Gasteiger partial charge in [0.25, 0.3) is 0 Å². The van der Waals surface area contributed by atoms with Crippen molar-refractivity contribution in [1.29, 1.82) is 0 Å². The van der Waals surface area contributed by atoms with Gasteiger partial charge in [-0.25, -0.2) is 0 Å². The molecule has 19 heavy (non-hydrogen) atoms. The first kappa shape index (κ1) is 21.1. The van der Waals surface area contributed by atoms with Crippen LogP contribution >= 0.6 is 0 Å². The monoisotopic (exact) mass is 278 g/mol. The highest BCUT2D eigenvalue weighted by molar-refractivity contribution is 4.44. The van der Waals surface area contributed by atoms with Crippen LogP contribution in [0.15, 0.2) is 0 Å². The second-order valence-corrected chi connectivity index (χ2v) is 4.78. The summed E-state index contributed by atoms with van der Waals surface area (Å²) in [7, 11) is 0. The highest BCUT2D eigenvalue weighted by atomic mass is 16.3. The summed E-state index contributed by atoms with van der Waals surface area (Å²) in [4.78, 5) is 0. The zero-order valence-electron chi connectivity index (χ0n) is 12.4. The lowest BCUT2D eigenvalue weighted by Gasteiger charge is -1.98. The van der Waals surface area contributed by atoms with E-state index < -0.39 is 0 Å². The Kier molecular flexibility index (Phi) is 25.6. The highest BCUT2D eigenvalue weighted by Gasteiger charge is 1.89. The molecule has 0 aromatic heterocycles. The second kappa shape index (κ2) is 23.0. The lowest BCUT2D eigenvalue weighted by atomic mass is 10.1. The summed E-state index contributed by atoms with van der Waals surface area (Å²) in [6.07, 6.45) is 11.7. The van der Waals surface area contributed by atoms with Crippen molar-refractivity contribution in [3.05, 3.63) is 0 Å². The van der Waals surface area contributed by atoms with Gasteiger partial charge in [0, 0.05) is 26.4 Å². The first-order valence-electron chi connectivity index (χ1n) is 7.76. The number of aliphatic hydroxyl groups excluding tert-OH is 4. The molecular weight excluding hydrogens is 244 g/mol. The first-order chi connectivity index (χ1) is 9.33. The SMILES string of the molecule is OCCCCCCCCCO.OCCCCCCO. The molecule has 0 aromatic carbocycles. The van der Waals surface area contributed by atoms with E-state index >= 15 is 0 Å². The fourth-order valence-corrected chi connectivity index (χ4v) is 1.68. The molecule has 0 rings (SSSR count). The Balaban J connectivity index is 0. The van der Waals surface area contributed by atoms with Crippen molar-refractivity contribution < 1.29 is 20.4 Å². The van der Waals surface area contributed by atoms with E-state index in [-0.39, 0.29) is 13.2 Å². The van der Waals surface area contributed by atoms with Crippen molar-refractivity contribution in [2.75, 3.05) is 26.4 Å². The summed E-state index contributed by atoms with van der Waals surface area (Å²) in [6, 6.07) is 0. The summed E-state index contributed by atoms with van der Waals surface area (Å²) in [5.74, 6) is 0. The van der Waals surface area contributed by atoms with E-state index in [1.807, 2.05) is 0 Å². The number of aliphatic hydroxyl groups is 4. The summed E-state index contributed by atoms with van der Waals surface area (Å²) in [5, 5.41) is 33.6. The molecule has 0 amide bonds. The van der Waals surface area contributed by atoms with Gasteiger partial charge in [-0.05, 0) is 25.7 Å². The topological polar surface area (TPSA) is 80.9 Å². The van der Waals surface area contributed by atoms with Gasteiger partial charge in [-0.2, -0.15) is 0 Å². The van der Waals surface area contributed by atoms with E-state index in [0.717, 1.165) is 51.4 Å². The molecule has 4 heteroatoms. The van der Waals surface area contributed by atoms with Gasteiger partial charge in [0.15, 0.2) is 0 Å². The molecular formula is C15H34O4. The third kappa shape index (κ3) is 27.2. The van der Waals surface area contributed by atoms with Gasteiger partial charge in [-0.1, -0.05) is 44.9 Å². The molecule has 0 aliphatic carbocycles. The van der Waals surface area contributed by atoms with E-state index in [0.29, 0.717) is 13.2 Å². The molecule has 4 nitrogen and oxygen atoms in total. The maximum atomic E-state index is 8.47. The molecule has 0 aliphatic rings. The van der Waals surface area contributed by atoms with Crippen LogP contribution in [0, 0.1) is 0 Å². The molecule has 0 fully saturated rings. The van der Waals surface area contributed by atoms with Crippen molar-refractivity contribution in [1.82, 2.24) is 0 Å². The van der Waals surface area contributed by atoms with Gasteiger partial charge in [-0.3, -0.25) is 0 Å². The van der Waals surface area contributed by atoms with Gasteiger partial charge in [-0.15, -0.1) is 0 Å². The summed E-state index contributed by atoms with van der Waals surface area (Å²) >= 11 is 0. The number of hydrogen-bond acceptors (Lipinski definition) is 4. The van der Waals surface area contributed by atoms with E-state index in [9.17, 15) is 0 Å². The molecule has 0 aliphatic heterocycles. The van der Waals surface area contributed by atoms with Gasteiger partial charge >= 0.3 is 0 Å². The van der Waals surface area contributed by atoms with Crippen LogP contribution < -0.4 is 0 Å². The molecule has 4 N–H and O–H groups in total. The predicted octanol–water partition coefficient (Wildman–Crippen LogP) is 2.23. The lowest BCUT2D eigenvalue weighted by Crippen LogP contribution is -1.85. The Bertz CT molecular complexity index is 117. The Hall–Kier alpha value is -0.160. The van der Waals surface area contributed by atoms with Crippen LogP contribution in [0.25, 0.3) is 0 Å². The van der Waals surface area contributed by atoms with E-state index in [4.69, 9.17) is 20.4 Å². The fourth-order valence-electron chi connectivity index (χ4n) is 1.68. The van der Waals surface area contributed by atoms with Crippen molar-refractivity contribution >= 4 is 0 Å². The molecule has 0 aromatic rings. The molecule has 0 saturated carbocycles. The van der Waals surface area contributed by atoms with Crippen LogP contribution in [0.3, 0.4) is 0 Å². The van der Waals surface area contributed by atoms with Crippen LogP contribution in [0.2, 0.25) is 0 Å². The third-order valence-corrected chi connectivity index (χ3v) is 2.88. The van der Waals surface area contributed by atoms with Crippen molar-refractivity contribution in [2.24, 2.45) is 0 Å². The van der Waals surface area contributed by atoms with E-state index in [1.165, 1.54) is 19.3 Å². The third-order valence-electron chi connectivity index (χ3n) is 2.88. The Morgan fingerprint density at radius 3 is 0.579 bits per heavy atom. The minimum absolute atomic E-state index is 0.283. The predicted molar refractivity (Wildman–Crippen MR) is 79.1 cm³/mol. The van der Waals surface area contributed by atoms with Gasteiger partial charge in [0.1, 0.15) is 0 Å². The average molecular weight is 278 g/mol. The lowest BCUT2D eigenvalue weighted by molar-refractivity contribution is 0.265. The van der Waals surface area contributed by atoms with Crippen molar-refractivity contribution in [3.8, 4) is 0 Å². The molecule has 118 valence electrons. The van der Waals surface area contributed by atoms with Gasteiger partial charge < -0.3 is 20.4 Å². The molecule has 0 atom stereocenters. The quantitative estimate of drug-likeness (QED) is 0.389. The summed E-state index contributed by atoms with van der Waals surface area (Å²) in [6.45, 7) is 1.23. The Labute approximate surface area is 118 Å². The van der Waals surface area contributed by atoms with E-state index in [2.05, 4.69) is 0 Å². The maximum Gasteiger partial charge on any atom is 0.0431 e. The highest BCUT2D eigenvalue weighted by Crippen LogP contribution is 2.06. The van der Waals surface area contributed by atoms with Crippen LogP contribution in [0.4, 0.5) is 0 Å². The van der Waals surface area contributed by atoms with Crippen LogP contribution in [0.5, 0.6) is 0 Å². The smallest absolute Gasteiger partial charge is 0.0431 e. The minimum atomic E-state index is 0.283. The summed E-state index contributed by atoms with van der Waals surface area (Å²) in [5.41, 5.74) is 0. The number of hydrogen-bond donors (Lipinski definition) is 4. The van der Waals surface area contributed by atoms with Crippen LogP contribution in [-0.2, 0) is 0 Å². The van der Waals surface area contributed by atoms with Crippen molar-refractivity contribution in [3.63, 3.8) is 0 Å². The Morgan fingerprint density at radius 1 is 0.263 bits per heavy atom. The Morgan fingerprint density at radius 2 is 0.421 bits per heavy atom. The molecule has 0 radical (unpaired) electrons. The average Bonchev–Trinajstić information content (AvgIpc) is 2.44. The molecule has 0 spiro atoms. The number of unbranched alkanes of at least 4 members (excludes halogenated alkanes) is 9. The normalized spacial score (nSPS) is 10.1. The minimum Gasteiger partial charge on any atom is -0.396 e. The summed E-state index contributed by atoms with van der Waals surface area (Å²) < 4.78 is 0. The number of rotatable bonds is 13. The standard InChI is InChI=1S/C9H20O2.C6H14O2/c10-8-6-4-2-1-3-5-7-9-11;7-5-3-1-2-4-6-8/h10-11H,1-9H2;7-8H,1-6H2. The largest absolute Gasteiger partial charge is 0.396 e. The van der Waals surface area contributed by atoms with Crippen LogP contribution in [0.1, 0.15) is 70.6 Å². The van der Waals surface area contributed by atoms with Crippen LogP contribution in [-0.4, -0.2) is 46.9 Å². The van der Waals surface area contributed by atoms with Gasteiger partial charge in [0.2, 0.25) is 0 Å². The molecule has 0 saturated heterocycles. The van der Waals surface area contributed by atoms with E-state index in [1.54, 1.807) is 0 Å². The fraction of sp³-hybridized carbons (Fsp3) is 1.00. The zero-order valence-corrected chi connectivity index (χ0v) is 12.4. The van der Waals surface area contributed by atoms with Crippen molar-refractivity contribution in [2.45, 2.75) is 70.6 Å². The molecule has 0 heterocycles. The molecule has 0 unspecified atom stereocenters. The second-order valence-electron chi connectivity index (χ2n) is 4.78. The first-order valence-corrected chi connectivity index (χ1v) is 7.76. The van der Waals surface area contributed by atoms with Gasteiger partial charge in [0.05, 0.1) is 0 Å². The molecule has 0 bridgehead atoms. The zero-order chi connectivity index (χ0) is 14.6. The maximum absolute atomic E-state index is 8.47.